The standard InChI is InChI=1S/C6H8O4.H2O2/c7-4-1-2-5(8)6(3-4)10-9;1-2/h6,9H,1-3H2;1-2H. The minimum Gasteiger partial charge on any atom is -0.300 e. The minimum absolute atomic E-state index is 0.0231. The van der Waals surface area contributed by atoms with Crippen LogP contribution in [0.4, 0.5) is 0 Å². The Hall–Kier alpha value is -0.820. The molecule has 6 nitrogen and oxygen atoms in total. The second-order valence-corrected chi connectivity index (χ2v) is 2.30. The molecule has 0 saturated heterocycles. The van der Waals surface area contributed by atoms with Crippen LogP contribution in [0.15, 0.2) is 0 Å². The van der Waals surface area contributed by atoms with Gasteiger partial charge in [0.2, 0.25) is 0 Å². The zero-order chi connectivity index (χ0) is 9.56. The SMILES string of the molecule is O=C1CCC(=O)C(OO)C1.OO. The average Bonchev–Trinajstić information content (AvgIpc) is 2.13. The minimum atomic E-state index is -0.902. The van der Waals surface area contributed by atoms with Crippen LogP contribution in [0, 0.1) is 0 Å². The van der Waals surface area contributed by atoms with E-state index < -0.39 is 6.10 Å². The Labute approximate surface area is 68.2 Å². The maximum atomic E-state index is 10.7. The summed E-state index contributed by atoms with van der Waals surface area (Å²) in [7, 11) is 0. The molecule has 0 spiro atoms. The summed E-state index contributed by atoms with van der Waals surface area (Å²) in [6.07, 6.45) is -0.390. The molecular formula is C6H10O6. The number of carbonyl (C=O) groups excluding carboxylic acids is 2. The fourth-order valence-electron chi connectivity index (χ4n) is 0.942. The number of hydrogen-bond donors (Lipinski definition) is 3. The summed E-state index contributed by atoms with van der Waals surface area (Å²) in [4.78, 5) is 25.2. The molecule has 0 aromatic heterocycles. The molecule has 1 fully saturated rings. The van der Waals surface area contributed by atoms with Gasteiger partial charge in [0.05, 0.1) is 0 Å². The van der Waals surface area contributed by atoms with Crippen molar-refractivity contribution < 1.29 is 30.2 Å². The molecule has 0 amide bonds. The summed E-state index contributed by atoms with van der Waals surface area (Å²) in [6.45, 7) is 0. The van der Waals surface area contributed by atoms with E-state index in [0.29, 0.717) is 6.42 Å². The Morgan fingerprint density at radius 1 is 1.25 bits per heavy atom. The summed E-state index contributed by atoms with van der Waals surface area (Å²) in [5.41, 5.74) is 0. The van der Waals surface area contributed by atoms with Gasteiger partial charge in [-0.3, -0.25) is 25.4 Å². The van der Waals surface area contributed by atoms with Gasteiger partial charge < -0.3 is 0 Å². The number of Topliss-reactive ketones (excluding diaryl/α,β-unsaturated/α-hetero) is 2. The van der Waals surface area contributed by atoms with Crippen LogP contribution in [-0.2, 0) is 14.5 Å². The van der Waals surface area contributed by atoms with Gasteiger partial charge >= 0.3 is 0 Å². The van der Waals surface area contributed by atoms with Crippen molar-refractivity contribution in [1.29, 1.82) is 0 Å². The lowest BCUT2D eigenvalue weighted by molar-refractivity contribution is -0.272. The number of hydrogen-bond acceptors (Lipinski definition) is 6. The highest BCUT2D eigenvalue weighted by molar-refractivity contribution is 5.96. The van der Waals surface area contributed by atoms with E-state index in [4.69, 9.17) is 15.8 Å². The first-order valence-electron chi connectivity index (χ1n) is 3.28. The van der Waals surface area contributed by atoms with Crippen LogP contribution < -0.4 is 0 Å². The third-order valence-electron chi connectivity index (χ3n) is 1.55. The zero-order valence-electron chi connectivity index (χ0n) is 6.27. The molecule has 1 aliphatic rings. The second-order valence-electron chi connectivity index (χ2n) is 2.30. The molecular weight excluding hydrogens is 168 g/mol. The smallest absolute Gasteiger partial charge is 0.165 e. The summed E-state index contributed by atoms with van der Waals surface area (Å²) in [5, 5.41) is 20.1. The Bertz CT molecular complexity index is 165. The molecule has 0 radical (unpaired) electrons. The van der Waals surface area contributed by atoms with Gasteiger partial charge in [0, 0.05) is 19.3 Å². The summed E-state index contributed by atoms with van der Waals surface area (Å²) < 4.78 is 0. The van der Waals surface area contributed by atoms with Crippen LogP contribution in [0.5, 0.6) is 0 Å². The zero-order valence-corrected chi connectivity index (χ0v) is 6.27. The van der Waals surface area contributed by atoms with Crippen molar-refractivity contribution in [2.75, 3.05) is 0 Å². The number of rotatable bonds is 1. The molecule has 6 heteroatoms. The predicted molar refractivity (Wildman–Crippen MR) is 36.6 cm³/mol. The third-order valence-corrected chi connectivity index (χ3v) is 1.55. The van der Waals surface area contributed by atoms with Gasteiger partial charge in [0.1, 0.15) is 5.78 Å². The molecule has 0 heterocycles. The summed E-state index contributed by atoms with van der Waals surface area (Å²) >= 11 is 0. The van der Waals surface area contributed by atoms with E-state index >= 15 is 0 Å². The number of ketones is 2. The van der Waals surface area contributed by atoms with E-state index in [9.17, 15) is 9.59 Å². The van der Waals surface area contributed by atoms with Gasteiger partial charge in [0.15, 0.2) is 11.9 Å². The topological polar surface area (TPSA) is 104 Å². The van der Waals surface area contributed by atoms with E-state index in [1.807, 2.05) is 0 Å². The second kappa shape index (κ2) is 5.78. The van der Waals surface area contributed by atoms with Crippen LogP contribution in [0.25, 0.3) is 0 Å². The van der Waals surface area contributed by atoms with Crippen LogP contribution in [-0.4, -0.2) is 33.4 Å². The Morgan fingerprint density at radius 2 is 1.83 bits per heavy atom. The van der Waals surface area contributed by atoms with E-state index in [1.54, 1.807) is 0 Å². The Kier molecular flexibility index (Phi) is 5.39. The van der Waals surface area contributed by atoms with Crippen molar-refractivity contribution in [3.8, 4) is 0 Å². The van der Waals surface area contributed by atoms with Crippen molar-refractivity contribution in [2.24, 2.45) is 0 Å². The molecule has 1 unspecified atom stereocenters. The lowest BCUT2D eigenvalue weighted by Crippen LogP contribution is -2.31. The fraction of sp³-hybridized carbons (Fsp3) is 0.667. The van der Waals surface area contributed by atoms with E-state index in [2.05, 4.69) is 4.89 Å². The predicted octanol–water partition coefficient (Wildman–Crippen LogP) is 0.184. The molecule has 0 aromatic carbocycles. The summed E-state index contributed by atoms with van der Waals surface area (Å²) in [5.74, 6) is -0.222. The third kappa shape index (κ3) is 3.05. The Balaban J connectivity index is 0.000000561. The van der Waals surface area contributed by atoms with Crippen molar-refractivity contribution in [3.05, 3.63) is 0 Å². The normalized spacial score (nSPS) is 23.1. The van der Waals surface area contributed by atoms with Crippen molar-refractivity contribution in [3.63, 3.8) is 0 Å². The first-order chi connectivity index (χ1) is 5.74. The Morgan fingerprint density at radius 3 is 2.25 bits per heavy atom. The van der Waals surface area contributed by atoms with Crippen LogP contribution in [0.3, 0.4) is 0 Å². The fourth-order valence-corrected chi connectivity index (χ4v) is 0.942. The lowest BCUT2D eigenvalue weighted by Gasteiger charge is -2.15. The van der Waals surface area contributed by atoms with Crippen LogP contribution in [0.2, 0.25) is 0 Å². The van der Waals surface area contributed by atoms with Gasteiger partial charge in [-0.1, -0.05) is 0 Å². The van der Waals surface area contributed by atoms with Crippen molar-refractivity contribution in [1.82, 2.24) is 0 Å². The summed E-state index contributed by atoms with van der Waals surface area (Å²) in [6, 6.07) is 0. The molecule has 0 aliphatic heterocycles. The van der Waals surface area contributed by atoms with E-state index in [-0.39, 0.29) is 24.4 Å². The maximum absolute atomic E-state index is 10.7. The molecule has 3 N–H and O–H groups in total. The molecule has 0 bridgehead atoms. The largest absolute Gasteiger partial charge is 0.300 e. The van der Waals surface area contributed by atoms with Crippen molar-refractivity contribution >= 4 is 11.6 Å². The van der Waals surface area contributed by atoms with Gasteiger partial charge in [-0.15, -0.1) is 0 Å². The average molecular weight is 178 g/mol. The monoisotopic (exact) mass is 178 g/mol. The van der Waals surface area contributed by atoms with Gasteiger partial charge in [-0.05, 0) is 0 Å². The van der Waals surface area contributed by atoms with Crippen LogP contribution in [0.1, 0.15) is 19.3 Å². The first kappa shape index (κ1) is 11.2. The first-order valence-corrected chi connectivity index (χ1v) is 3.28. The van der Waals surface area contributed by atoms with E-state index in [0.717, 1.165) is 0 Å². The van der Waals surface area contributed by atoms with Crippen molar-refractivity contribution in [2.45, 2.75) is 25.4 Å². The highest BCUT2D eigenvalue weighted by atomic mass is 17.1. The molecule has 0 aromatic rings. The molecule has 1 atom stereocenters. The number of carbonyl (C=O) groups is 2. The van der Waals surface area contributed by atoms with Gasteiger partial charge in [-0.2, -0.15) is 0 Å². The van der Waals surface area contributed by atoms with Gasteiger partial charge in [0.25, 0.3) is 0 Å². The molecule has 1 rings (SSSR count). The molecule has 70 valence electrons. The molecule has 12 heavy (non-hydrogen) atoms. The molecule has 1 aliphatic carbocycles. The maximum Gasteiger partial charge on any atom is 0.165 e. The highest BCUT2D eigenvalue weighted by Gasteiger charge is 2.27. The quantitative estimate of drug-likeness (QED) is 0.391. The van der Waals surface area contributed by atoms with E-state index in [1.165, 1.54) is 0 Å². The lowest BCUT2D eigenvalue weighted by atomic mass is 9.95. The van der Waals surface area contributed by atoms with Gasteiger partial charge in [-0.25, -0.2) is 4.89 Å². The molecule has 1 saturated carbocycles. The van der Waals surface area contributed by atoms with Crippen LogP contribution >= 0.6 is 0 Å². The highest BCUT2D eigenvalue weighted by Crippen LogP contribution is 2.13.